The van der Waals surface area contributed by atoms with E-state index in [9.17, 15) is 13.2 Å². The normalized spacial score (nSPS) is 12.5. The molecular formula is C20H25ClN2O5S. The van der Waals surface area contributed by atoms with Crippen molar-refractivity contribution in [1.82, 2.24) is 4.31 Å². The van der Waals surface area contributed by atoms with E-state index in [1.807, 2.05) is 0 Å². The number of halogens is 1. The monoisotopic (exact) mass is 440 g/mol. The molecule has 0 heterocycles. The third kappa shape index (κ3) is 5.62. The van der Waals surface area contributed by atoms with Gasteiger partial charge in [0.05, 0.1) is 17.7 Å². The second kappa shape index (κ2) is 9.96. The van der Waals surface area contributed by atoms with Crippen LogP contribution < -0.4 is 14.8 Å². The molecule has 0 aliphatic carbocycles. The van der Waals surface area contributed by atoms with Crippen molar-refractivity contribution >= 4 is 33.2 Å². The number of carbonyl (C=O) groups is 1. The first-order chi connectivity index (χ1) is 13.7. The minimum absolute atomic E-state index is 0.0701. The molecule has 0 radical (unpaired) electrons. The molecule has 0 fully saturated rings. The van der Waals surface area contributed by atoms with Gasteiger partial charge in [0, 0.05) is 18.1 Å². The summed E-state index contributed by atoms with van der Waals surface area (Å²) in [6, 6.07) is 11.1. The van der Waals surface area contributed by atoms with Crippen LogP contribution in [0.2, 0.25) is 5.02 Å². The van der Waals surface area contributed by atoms with E-state index in [1.165, 1.54) is 29.6 Å². The van der Waals surface area contributed by atoms with Crippen molar-refractivity contribution in [2.45, 2.75) is 31.8 Å². The fourth-order valence-corrected chi connectivity index (χ4v) is 4.36. The SMILES string of the molecule is CCN(CC)S(=O)(=O)c1ccc(OC)c(NC(=O)C(C)Oc2cccc(Cl)c2)c1. The molecule has 0 aliphatic heterocycles. The Labute approximate surface area is 176 Å². The molecule has 0 aliphatic rings. The number of hydrogen-bond donors (Lipinski definition) is 1. The van der Waals surface area contributed by atoms with E-state index in [0.29, 0.717) is 29.6 Å². The Morgan fingerprint density at radius 3 is 2.45 bits per heavy atom. The van der Waals surface area contributed by atoms with Crippen molar-refractivity contribution in [3.63, 3.8) is 0 Å². The summed E-state index contributed by atoms with van der Waals surface area (Å²) in [6.45, 7) is 5.80. The van der Waals surface area contributed by atoms with E-state index in [2.05, 4.69) is 5.32 Å². The molecule has 0 saturated carbocycles. The van der Waals surface area contributed by atoms with Crippen molar-refractivity contribution in [1.29, 1.82) is 0 Å². The lowest BCUT2D eigenvalue weighted by molar-refractivity contribution is -0.122. The van der Waals surface area contributed by atoms with Crippen LogP contribution in [0, 0.1) is 0 Å². The third-order valence-electron chi connectivity index (χ3n) is 4.25. The van der Waals surface area contributed by atoms with Crippen LogP contribution in [0.25, 0.3) is 0 Å². The number of rotatable bonds is 9. The summed E-state index contributed by atoms with van der Waals surface area (Å²) < 4.78 is 37.8. The number of anilines is 1. The highest BCUT2D eigenvalue weighted by Crippen LogP contribution is 2.29. The Morgan fingerprint density at radius 2 is 1.86 bits per heavy atom. The Morgan fingerprint density at radius 1 is 1.17 bits per heavy atom. The standard InChI is InChI=1S/C20H25ClN2O5S/c1-5-23(6-2)29(25,26)17-10-11-19(27-4)18(13-17)22-20(24)14(3)28-16-9-7-8-15(21)12-16/h7-14H,5-6H2,1-4H3,(H,22,24). The molecule has 1 unspecified atom stereocenters. The summed E-state index contributed by atoms with van der Waals surface area (Å²) >= 11 is 5.93. The van der Waals surface area contributed by atoms with Crippen LogP contribution in [0.5, 0.6) is 11.5 Å². The maximum Gasteiger partial charge on any atom is 0.265 e. The zero-order chi connectivity index (χ0) is 21.6. The van der Waals surface area contributed by atoms with E-state index in [1.54, 1.807) is 45.0 Å². The van der Waals surface area contributed by atoms with Gasteiger partial charge in [0.1, 0.15) is 11.5 Å². The number of methoxy groups -OCH3 is 1. The third-order valence-corrected chi connectivity index (χ3v) is 6.53. The molecule has 2 aromatic rings. The predicted octanol–water partition coefficient (Wildman–Crippen LogP) is 3.79. The molecule has 158 valence electrons. The number of benzene rings is 2. The van der Waals surface area contributed by atoms with Crippen molar-refractivity contribution in [3.8, 4) is 11.5 Å². The van der Waals surface area contributed by atoms with Crippen LogP contribution >= 0.6 is 11.6 Å². The maximum absolute atomic E-state index is 12.8. The lowest BCUT2D eigenvalue weighted by Crippen LogP contribution is -2.31. The highest BCUT2D eigenvalue weighted by Gasteiger charge is 2.24. The lowest BCUT2D eigenvalue weighted by atomic mass is 10.2. The van der Waals surface area contributed by atoms with Gasteiger partial charge in [0.2, 0.25) is 10.0 Å². The molecular weight excluding hydrogens is 416 g/mol. The summed E-state index contributed by atoms with van der Waals surface area (Å²) in [5.41, 5.74) is 0.243. The van der Waals surface area contributed by atoms with Crippen LogP contribution in [0.1, 0.15) is 20.8 Å². The van der Waals surface area contributed by atoms with E-state index in [4.69, 9.17) is 21.1 Å². The fourth-order valence-electron chi connectivity index (χ4n) is 2.69. The largest absolute Gasteiger partial charge is 0.495 e. The van der Waals surface area contributed by atoms with Crippen LogP contribution in [0.3, 0.4) is 0 Å². The van der Waals surface area contributed by atoms with Gasteiger partial charge in [-0.1, -0.05) is 31.5 Å². The van der Waals surface area contributed by atoms with Crippen LogP contribution in [0.4, 0.5) is 5.69 Å². The fraction of sp³-hybridized carbons (Fsp3) is 0.350. The number of amides is 1. The number of hydrogen-bond acceptors (Lipinski definition) is 5. The summed E-state index contributed by atoms with van der Waals surface area (Å²) in [6.07, 6.45) is -0.846. The van der Waals surface area contributed by atoms with E-state index in [-0.39, 0.29) is 10.6 Å². The van der Waals surface area contributed by atoms with Gasteiger partial charge in [0.25, 0.3) is 5.91 Å². The van der Waals surface area contributed by atoms with Gasteiger partial charge in [-0.05, 0) is 43.3 Å². The molecule has 7 nitrogen and oxygen atoms in total. The van der Waals surface area contributed by atoms with Gasteiger partial charge < -0.3 is 14.8 Å². The smallest absolute Gasteiger partial charge is 0.265 e. The van der Waals surface area contributed by atoms with Crippen LogP contribution in [0.15, 0.2) is 47.4 Å². The summed E-state index contributed by atoms with van der Waals surface area (Å²) in [5, 5.41) is 3.17. The second-order valence-electron chi connectivity index (χ2n) is 6.16. The molecule has 0 aromatic heterocycles. The minimum Gasteiger partial charge on any atom is -0.495 e. The molecule has 1 amide bonds. The number of sulfonamides is 1. The van der Waals surface area contributed by atoms with Crippen molar-refractivity contribution in [3.05, 3.63) is 47.5 Å². The number of nitrogens with zero attached hydrogens (tertiary/aromatic N) is 1. The van der Waals surface area contributed by atoms with E-state index in [0.717, 1.165) is 0 Å². The Bertz CT molecular complexity index is 961. The molecule has 9 heteroatoms. The van der Waals surface area contributed by atoms with E-state index < -0.39 is 22.0 Å². The van der Waals surface area contributed by atoms with Crippen LogP contribution in [-0.4, -0.2) is 44.9 Å². The number of ether oxygens (including phenoxy) is 2. The van der Waals surface area contributed by atoms with Crippen LogP contribution in [-0.2, 0) is 14.8 Å². The first-order valence-electron chi connectivity index (χ1n) is 9.14. The average Bonchev–Trinajstić information content (AvgIpc) is 2.68. The average molecular weight is 441 g/mol. The molecule has 0 spiro atoms. The molecule has 1 N–H and O–H groups in total. The summed E-state index contributed by atoms with van der Waals surface area (Å²) in [4.78, 5) is 12.7. The van der Waals surface area contributed by atoms with Gasteiger partial charge >= 0.3 is 0 Å². The highest BCUT2D eigenvalue weighted by molar-refractivity contribution is 7.89. The summed E-state index contributed by atoms with van der Waals surface area (Å²) in [5.74, 6) is 0.331. The second-order valence-corrected chi connectivity index (χ2v) is 8.53. The highest BCUT2D eigenvalue weighted by atomic mass is 35.5. The first kappa shape index (κ1) is 23.0. The molecule has 0 saturated heterocycles. The Hall–Kier alpha value is -2.29. The summed E-state index contributed by atoms with van der Waals surface area (Å²) in [7, 11) is -2.24. The van der Waals surface area contributed by atoms with E-state index >= 15 is 0 Å². The van der Waals surface area contributed by atoms with Gasteiger partial charge in [-0.25, -0.2) is 8.42 Å². The minimum atomic E-state index is -3.68. The van der Waals surface area contributed by atoms with Gasteiger partial charge in [0.15, 0.2) is 6.10 Å². The zero-order valence-electron chi connectivity index (χ0n) is 16.8. The van der Waals surface area contributed by atoms with Gasteiger partial charge in [-0.15, -0.1) is 0 Å². The maximum atomic E-state index is 12.8. The zero-order valence-corrected chi connectivity index (χ0v) is 18.4. The van der Waals surface area contributed by atoms with Gasteiger partial charge in [-0.3, -0.25) is 4.79 Å². The molecule has 2 rings (SSSR count). The Kier molecular flexibility index (Phi) is 7.89. The Balaban J connectivity index is 2.25. The first-order valence-corrected chi connectivity index (χ1v) is 11.0. The van der Waals surface area contributed by atoms with Crippen molar-refractivity contribution in [2.75, 3.05) is 25.5 Å². The quantitative estimate of drug-likeness (QED) is 0.641. The van der Waals surface area contributed by atoms with Crippen molar-refractivity contribution in [2.24, 2.45) is 0 Å². The number of nitrogens with one attached hydrogen (secondary N) is 1. The molecule has 1 atom stereocenters. The topological polar surface area (TPSA) is 84.9 Å². The van der Waals surface area contributed by atoms with Gasteiger partial charge in [-0.2, -0.15) is 4.31 Å². The number of carbonyl (C=O) groups excluding carboxylic acids is 1. The molecule has 0 bridgehead atoms. The van der Waals surface area contributed by atoms with Crippen molar-refractivity contribution < 1.29 is 22.7 Å². The predicted molar refractivity (Wildman–Crippen MR) is 113 cm³/mol. The molecule has 29 heavy (non-hydrogen) atoms. The lowest BCUT2D eigenvalue weighted by Gasteiger charge is -2.20. The molecule has 2 aromatic carbocycles.